The summed E-state index contributed by atoms with van der Waals surface area (Å²) in [6.07, 6.45) is 4.29. The van der Waals surface area contributed by atoms with Gasteiger partial charge in [-0.05, 0) is 30.9 Å². The Bertz CT molecular complexity index is 542. The molecule has 3 N–H and O–H groups in total. The second-order valence-corrected chi connectivity index (χ2v) is 5.02. The van der Waals surface area contributed by atoms with Crippen LogP contribution in [0.5, 0.6) is 0 Å². The Hall–Kier alpha value is -2.08. The van der Waals surface area contributed by atoms with E-state index in [9.17, 15) is 4.79 Å². The number of carbonyl (C=O) groups is 1. The van der Waals surface area contributed by atoms with E-state index in [1.54, 1.807) is 24.5 Å². The number of H-pyrrole nitrogens is 1. The molecule has 0 aliphatic rings. The highest BCUT2D eigenvalue weighted by Crippen LogP contribution is 2.17. The fraction of sp³-hybridized carbons (Fsp3) is 0.467. The van der Waals surface area contributed by atoms with E-state index in [1.165, 1.54) is 0 Å². The van der Waals surface area contributed by atoms with E-state index < -0.39 is 0 Å². The van der Waals surface area contributed by atoms with Gasteiger partial charge in [0.15, 0.2) is 11.5 Å². The average molecular weight is 291 g/mol. The number of nitrogens with one attached hydrogen (secondary N) is 2. The van der Waals surface area contributed by atoms with Crippen LogP contribution in [0.15, 0.2) is 28.9 Å². The lowest BCUT2D eigenvalue weighted by atomic mass is 10.0. The number of hydrogen-bond acceptors (Lipinski definition) is 4. The van der Waals surface area contributed by atoms with Crippen molar-refractivity contribution < 1.29 is 14.3 Å². The first-order valence-electron chi connectivity index (χ1n) is 7.23. The van der Waals surface area contributed by atoms with E-state index in [2.05, 4.69) is 22.4 Å². The third-order valence-corrected chi connectivity index (χ3v) is 3.38. The van der Waals surface area contributed by atoms with Gasteiger partial charge >= 0.3 is 0 Å². The normalized spacial score (nSPS) is 12.3. The first-order valence-corrected chi connectivity index (χ1v) is 7.23. The zero-order valence-corrected chi connectivity index (χ0v) is 12.1. The number of rotatable bonds is 8. The molecule has 1 amide bonds. The predicted octanol–water partition coefficient (Wildman–Crippen LogP) is 2.20. The smallest absolute Gasteiger partial charge is 0.271 e. The summed E-state index contributed by atoms with van der Waals surface area (Å²) in [4.78, 5) is 12.1. The molecule has 0 saturated carbocycles. The maximum absolute atomic E-state index is 12.1. The van der Waals surface area contributed by atoms with Crippen molar-refractivity contribution in [3.63, 3.8) is 0 Å². The summed E-state index contributed by atoms with van der Waals surface area (Å²) in [5.74, 6) is 0.723. The van der Waals surface area contributed by atoms with E-state index >= 15 is 0 Å². The van der Waals surface area contributed by atoms with Gasteiger partial charge in [0.1, 0.15) is 5.69 Å². The van der Waals surface area contributed by atoms with Crippen molar-refractivity contribution in [1.29, 1.82) is 0 Å². The van der Waals surface area contributed by atoms with Crippen molar-refractivity contribution in [3.8, 4) is 11.5 Å². The van der Waals surface area contributed by atoms with Crippen molar-refractivity contribution >= 4 is 5.91 Å². The standard InChI is InChI=1S/C15H21N3O3/c1-2-4-11(6-7-19)10-16-15(20)13-9-12(17-18-13)14-5-3-8-21-14/h3,5,8-9,11,19H,2,4,6-7,10H2,1H3,(H,16,20)(H,17,18). The second kappa shape index (κ2) is 7.64. The largest absolute Gasteiger partial charge is 0.463 e. The Labute approximate surface area is 123 Å². The van der Waals surface area contributed by atoms with Gasteiger partial charge in [-0.25, -0.2) is 0 Å². The molecular formula is C15H21N3O3. The number of furan rings is 1. The van der Waals surface area contributed by atoms with Gasteiger partial charge in [-0.15, -0.1) is 0 Å². The number of aromatic nitrogens is 2. The summed E-state index contributed by atoms with van der Waals surface area (Å²) < 4.78 is 5.24. The lowest BCUT2D eigenvalue weighted by Gasteiger charge is -2.14. The molecule has 0 spiro atoms. The molecule has 114 valence electrons. The van der Waals surface area contributed by atoms with Gasteiger partial charge in [0.2, 0.25) is 0 Å². The number of aromatic amines is 1. The Morgan fingerprint density at radius 3 is 3.05 bits per heavy atom. The van der Waals surface area contributed by atoms with Gasteiger partial charge in [-0.2, -0.15) is 5.10 Å². The van der Waals surface area contributed by atoms with Gasteiger partial charge < -0.3 is 14.8 Å². The molecule has 0 saturated heterocycles. The van der Waals surface area contributed by atoms with Crippen LogP contribution in [0.1, 0.15) is 36.7 Å². The van der Waals surface area contributed by atoms with Crippen LogP contribution in [0.3, 0.4) is 0 Å². The predicted molar refractivity (Wildman–Crippen MR) is 78.7 cm³/mol. The van der Waals surface area contributed by atoms with E-state index in [1.807, 2.05) is 0 Å². The van der Waals surface area contributed by atoms with Crippen molar-refractivity contribution in [2.24, 2.45) is 5.92 Å². The molecule has 2 aromatic rings. The first-order chi connectivity index (χ1) is 10.2. The van der Waals surface area contributed by atoms with E-state index in [0.717, 1.165) is 12.8 Å². The Kier molecular flexibility index (Phi) is 5.57. The van der Waals surface area contributed by atoms with Crippen LogP contribution in [-0.4, -0.2) is 34.4 Å². The number of aliphatic hydroxyl groups excluding tert-OH is 1. The highest BCUT2D eigenvalue weighted by atomic mass is 16.3. The zero-order chi connectivity index (χ0) is 15.1. The van der Waals surface area contributed by atoms with Crippen molar-refractivity contribution in [2.45, 2.75) is 26.2 Å². The molecule has 21 heavy (non-hydrogen) atoms. The summed E-state index contributed by atoms with van der Waals surface area (Å²) in [5, 5.41) is 18.7. The third kappa shape index (κ3) is 4.19. The molecule has 2 aromatic heterocycles. The average Bonchev–Trinajstić information content (AvgIpc) is 3.15. The van der Waals surface area contributed by atoms with Crippen LogP contribution in [0.2, 0.25) is 0 Å². The van der Waals surface area contributed by atoms with Crippen LogP contribution in [0.25, 0.3) is 11.5 Å². The van der Waals surface area contributed by atoms with E-state index in [-0.39, 0.29) is 12.5 Å². The monoisotopic (exact) mass is 291 g/mol. The summed E-state index contributed by atoms with van der Waals surface area (Å²) in [6, 6.07) is 5.24. The fourth-order valence-corrected chi connectivity index (χ4v) is 2.26. The number of amides is 1. The van der Waals surface area contributed by atoms with Crippen LogP contribution in [0, 0.1) is 5.92 Å². The quantitative estimate of drug-likeness (QED) is 0.695. The summed E-state index contributed by atoms with van der Waals surface area (Å²) >= 11 is 0. The molecule has 2 rings (SSSR count). The van der Waals surface area contributed by atoms with Gasteiger partial charge in [0.05, 0.1) is 6.26 Å². The molecule has 1 unspecified atom stereocenters. The maximum Gasteiger partial charge on any atom is 0.271 e. The van der Waals surface area contributed by atoms with Crippen LogP contribution in [0.4, 0.5) is 0 Å². The number of nitrogens with zero attached hydrogens (tertiary/aromatic N) is 1. The summed E-state index contributed by atoms with van der Waals surface area (Å²) in [7, 11) is 0. The minimum absolute atomic E-state index is 0.144. The lowest BCUT2D eigenvalue weighted by molar-refractivity contribution is 0.0938. The molecule has 0 aromatic carbocycles. The van der Waals surface area contributed by atoms with Gasteiger partial charge in [-0.3, -0.25) is 9.89 Å². The number of aliphatic hydroxyl groups is 1. The fourth-order valence-electron chi connectivity index (χ4n) is 2.26. The molecular weight excluding hydrogens is 270 g/mol. The maximum atomic E-state index is 12.1. The third-order valence-electron chi connectivity index (χ3n) is 3.38. The molecule has 6 heteroatoms. The minimum Gasteiger partial charge on any atom is -0.463 e. The molecule has 0 bridgehead atoms. The highest BCUT2D eigenvalue weighted by molar-refractivity contribution is 5.93. The summed E-state index contributed by atoms with van der Waals surface area (Å²) in [5.41, 5.74) is 1.01. The minimum atomic E-state index is -0.219. The number of hydrogen-bond donors (Lipinski definition) is 3. The molecule has 2 heterocycles. The highest BCUT2D eigenvalue weighted by Gasteiger charge is 2.14. The van der Waals surface area contributed by atoms with E-state index in [0.29, 0.717) is 36.0 Å². The SMILES string of the molecule is CCCC(CCO)CNC(=O)c1cc(-c2ccco2)[nH]n1. The molecule has 6 nitrogen and oxygen atoms in total. The van der Waals surface area contributed by atoms with Gasteiger partial charge in [0.25, 0.3) is 5.91 Å². The molecule has 0 aliphatic heterocycles. The Balaban J connectivity index is 1.91. The van der Waals surface area contributed by atoms with Gasteiger partial charge in [0, 0.05) is 19.2 Å². The van der Waals surface area contributed by atoms with Crippen molar-refractivity contribution in [1.82, 2.24) is 15.5 Å². The second-order valence-electron chi connectivity index (χ2n) is 5.02. The molecule has 0 aliphatic carbocycles. The topological polar surface area (TPSA) is 91.1 Å². The van der Waals surface area contributed by atoms with Crippen molar-refractivity contribution in [2.75, 3.05) is 13.2 Å². The molecule has 0 fully saturated rings. The number of carbonyl (C=O) groups excluding carboxylic acids is 1. The van der Waals surface area contributed by atoms with Crippen LogP contribution in [-0.2, 0) is 0 Å². The van der Waals surface area contributed by atoms with Gasteiger partial charge in [-0.1, -0.05) is 13.3 Å². The van der Waals surface area contributed by atoms with Crippen molar-refractivity contribution in [3.05, 3.63) is 30.2 Å². The molecule has 1 atom stereocenters. The van der Waals surface area contributed by atoms with E-state index in [4.69, 9.17) is 9.52 Å². The van der Waals surface area contributed by atoms with Crippen LogP contribution >= 0.6 is 0 Å². The summed E-state index contributed by atoms with van der Waals surface area (Å²) in [6.45, 7) is 2.79. The lowest BCUT2D eigenvalue weighted by Crippen LogP contribution is -2.30. The molecule has 0 radical (unpaired) electrons. The first kappa shape index (κ1) is 15.3. The van der Waals surface area contributed by atoms with Crippen LogP contribution < -0.4 is 5.32 Å². The zero-order valence-electron chi connectivity index (χ0n) is 12.1. The Morgan fingerprint density at radius 2 is 2.38 bits per heavy atom. The Morgan fingerprint density at radius 1 is 1.52 bits per heavy atom.